The second kappa shape index (κ2) is 5.90. The molecule has 0 bridgehead atoms. The Kier molecular flexibility index (Phi) is 4.01. The zero-order valence-corrected chi connectivity index (χ0v) is 12.6. The normalized spacial score (nSPS) is 20.3. The summed E-state index contributed by atoms with van der Waals surface area (Å²) in [5.74, 6) is 1.84. The molecule has 3 heterocycles. The molecule has 0 amide bonds. The van der Waals surface area contributed by atoms with Crippen LogP contribution in [0.4, 0.5) is 0 Å². The Morgan fingerprint density at radius 1 is 0.895 bits per heavy atom. The van der Waals surface area contributed by atoms with Gasteiger partial charge in [0.1, 0.15) is 0 Å². The lowest BCUT2D eigenvalue weighted by molar-refractivity contribution is -0.112. The third-order valence-corrected chi connectivity index (χ3v) is 5.49. The fourth-order valence-corrected chi connectivity index (χ4v) is 4.25. The van der Waals surface area contributed by atoms with E-state index in [9.17, 15) is 4.79 Å². The summed E-state index contributed by atoms with van der Waals surface area (Å²) >= 11 is 5.15. The summed E-state index contributed by atoms with van der Waals surface area (Å²) in [5.41, 5.74) is 1.84. The Hall–Kier alpha value is -1.10. The highest BCUT2D eigenvalue weighted by molar-refractivity contribution is 7.99. The molecule has 1 saturated heterocycles. The third-order valence-electron chi connectivity index (χ3n) is 2.82. The first-order valence-electron chi connectivity index (χ1n) is 5.93. The number of ketones is 1. The molecule has 2 aromatic heterocycles. The summed E-state index contributed by atoms with van der Waals surface area (Å²) in [6.45, 7) is 0. The van der Waals surface area contributed by atoms with Crippen molar-refractivity contribution in [3.05, 3.63) is 55.9 Å². The van der Waals surface area contributed by atoms with Gasteiger partial charge in [-0.25, -0.2) is 0 Å². The average Bonchev–Trinajstić information content (AvgIpc) is 3.07. The standard InChI is InChI=1S/C15H12OS3/c16-15-11(7-13-3-1-5-18-13)9-17-10-12(15)8-14-4-2-6-19-14/h1-8H,9-10H2/b11-7+,12-8+. The monoisotopic (exact) mass is 304 g/mol. The number of carbonyl (C=O) groups excluding carboxylic acids is 1. The van der Waals surface area contributed by atoms with Gasteiger partial charge in [0, 0.05) is 32.4 Å². The highest BCUT2D eigenvalue weighted by Crippen LogP contribution is 2.28. The summed E-state index contributed by atoms with van der Waals surface area (Å²) in [4.78, 5) is 14.7. The maximum atomic E-state index is 12.4. The van der Waals surface area contributed by atoms with Gasteiger partial charge in [0.05, 0.1) is 0 Å². The molecule has 0 aliphatic carbocycles. The maximum absolute atomic E-state index is 12.4. The molecule has 4 heteroatoms. The van der Waals surface area contributed by atoms with Crippen molar-refractivity contribution in [3.63, 3.8) is 0 Å². The minimum atomic E-state index is 0.209. The summed E-state index contributed by atoms with van der Waals surface area (Å²) in [7, 11) is 0. The van der Waals surface area contributed by atoms with Crippen LogP contribution in [0.25, 0.3) is 12.2 Å². The second-order valence-corrected chi connectivity index (χ2v) is 7.14. The molecule has 0 aromatic carbocycles. The lowest BCUT2D eigenvalue weighted by Gasteiger charge is -2.15. The molecular weight excluding hydrogens is 292 g/mol. The number of carbonyl (C=O) groups is 1. The number of Topliss-reactive ketones (excluding diaryl/α,β-unsaturated/α-hetero) is 1. The Balaban J connectivity index is 1.87. The molecule has 0 saturated carbocycles. The Labute approximate surface area is 124 Å². The van der Waals surface area contributed by atoms with E-state index in [-0.39, 0.29) is 5.78 Å². The van der Waals surface area contributed by atoms with Crippen LogP contribution in [0.2, 0.25) is 0 Å². The SMILES string of the molecule is O=C1/C(=C/c2cccs2)CSC/C1=C\c1cccs1. The molecule has 0 radical (unpaired) electrons. The largest absolute Gasteiger partial charge is 0.289 e. The van der Waals surface area contributed by atoms with Crippen molar-refractivity contribution in [1.29, 1.82) is 0 Å². The molecular formula is C15H12OS3. The first-order chi connectivity index (χ1) is 9.33. The molecule has 1 aliphatic heterocycles. The van der Waals surface area contributed by atoms with E-state index in [1.807, 2.05) is 58.9 Å². The molecule has 2 aromatic rings. The van der Waals surface area contributed by atoms with Gasteiger partial charge < -0.3 is 0 Å². The van der Waals surface area contributed by atoms with Crippen LogP contribution in [0.3, 0.4) is 0 Å². The number of thiophene rings is 2. The predicted molar refractivity (Wildman–Crippen MR) is 86.9 cm³/mol. The Morgan fingerprint density at radius 3 is 1.84 bits per heavy atom. The van der Waals surface area contributed by atoms with E-state index < -0.39 is 0 Å². The van der Waals surface area contributed by atoms with Crippen LogP contribution in [0.5, 0.6) is 0 Å². The summed E-state index contributed by atoms with van der Waals surface area (Å²) in [5, 5.41) is 4.07. The topological polar surface area (TPSA) is 17.1 Å². The van der Waals surface area contributed by atoms with E-state index in [1.54, 1.807) is 22.7 Å². The van der Waals surface area contributed by atoms with Gasteiger partial charge in [-0.3, -0.25) is 4.79 Å². The van der Waals surface area contributed by atoms with E-state index in [1.165, 1.54) is 0 Å². The fraction of sp³-hybridized carbons (Fsp3) is 0.133. The first-order valence-corrected chi connectivity index (χ1v) is 8.85. The average molecular weight is 304 g/mol. The first kappa shape index (κ1) is 12.9. The molecule has 1 nitrogen and oxygen atoms in total. The van der Waals surface area contributed by atoms with Crippen LogP contribution < -0.4 is 0 Å². The smallest absolute Gasteiger partial charge is 0.186 e. The zero-order valence-electron chi connectivity index (χ0n) is 10.2. The maximum Gasteiger partial charge on any atom is 0.186 e. The van der Waals surface area contributed by atoms with Crippen LogP contribution >= 0.6 is 34.4 Å². The lowest BCUT2D eigenvalue weighted by atomic mass is 10.0. The summed E-state index contributed by atoms with van der Waals surface area (Å²) in [6, 6.07) is 8.12. The van der Waals surface area contributed by atoms with E-state index >= 15 is 0 Å². The van der Waals surface area contributed by atoms with Gasteiger partial charge in [0.2, 0.25) is 0 Å². The van der Waals surface area contributed by atoms with Crippen molar-refractivity contribution in [2.75, 3.05) is 11.5 Å². The molecule has 0 atom stereocenters. The Bertz CT molecular complexity index is 564. The second-order valence-electron chi connectivity index (χ2n) is 4.19. The van der Waals surface area contributed by atoms with Crippen molar-refractivity contribution in [1.82, 2.24) is 0 Å². The van der Waals surface area contributed by atoms with Gasteiger partial charge >= 0.3 is 0 Å². The fourth-order valence-electron chi connectivity index (χ4n) is 1.91. The number of hydrogen-bond donors (Lipinski definition) is 0. The van der Waals surface area contributed by atoms with Crippen molar-refractivity contribution in [2.24, 2.45) is 0 Å². The third kappa shape index (κ3) is 3.08. The molecule has 96 valence electrons. The van der Waals surface area contributed by atoms with E-state index in [2.05, 4.69) is 0 Å². The number of rotatable bonds is 2. The van der Waals surface area contributed by atoms with Gasteiger partial charge in [0.25, 0.3) is 0 Å². The molecule has 3 rings (SSSR count). The van der Waals surface area contributed by atoms with Crippen LogP contribution in [-0.2, 0) is 4.79 Å². The van der Waals surface area contributed by atoms with Crippen LogP contribution in [0.15, 0.2) is 46.2 Å². The minimum absolute atomic E-state index is 0.209. The predicted octanol–water partition coefficient (Wildman–Crippen LogP) is 4.59. The van der Waals surface area contributed by atoms with Gasteiger partial charge in [-0.2, -0.15) is 11.8 Å². The van der Waals surface area contributed by atoms with E-state index in [0.717, 1.165) is 32.4 Å². The summed E-state index contributed by atoms with van der Waals surface area (Å²) < 4.78 is 0. The molecule has 1 aliphatic rings. The molecule has 0 unspecified atom stereocenters. The van der Waals surface area contributed by atoms with Gasteiger partial charge in [0.15, 0.2) is 5.78 Å². The van der Waals surface area contributed by atoms with E-state index in [0.29, 0.717) is 0 Å². The number of thioether (sulfide) groups is 1. The zero-order chi connectivity index (χ0) is 13.1. The highest BCUT2D eigenvalue weighted by Gasteiger charge is 2.21. The highest BCUT2D eigenvalue weighted by atomic mass is 32.2. The molecule has 1 fully saturated rings. The van der Waals surface area contributed by atoms with E-state index in [4.69, 9.17) is 0 Å². The molecule has 0 N–H and O–H groups in total. The molecule has 19 heavy (non-hydrogen) atoms. The minimum Gasteiger partial charge on any atom is -0.289 e. The van der Waals surface area contributed by atoms with Gasteiger partial charge in [-0.1, -0.05) is 12.1 Å². The number of hydrogen-bond acceptors (Lipinski definition) is 4. The van der Waals surface area contributed by atoms with Gasteiger partial charge in [-0.05, 0) is 35.0 Å². The van der Waals surface area contributed by atoms with Crippen molar-refractivity contribution < 1.29 is 4.79 Å². The van der Waals surface area contributed by atoms with Crippen LogP contribution in [-0.4, -0.2) is 17.3 Å². The van der Waals surface area contributed by atoms with Crippen LogP contribution in [0.1, 0.15) is 9.75 Å². The Morgan fingerprint density at radius 2 is 1.42 bits per heavy atom. The summed E-state index contributed by atoms with van der Waals surface area (Å²) in [6.07, 6.45) is 4.06. The van der Waals surface area contributed by atoms with Crippen molar-refractivity contribution in [3.8, 4) is 0 Å². The molecule has 0 spiro atoms. The van der Waals surface area contributed by atoms with Crippen molar-refractivity contribution in [2.45, 2.75) is 0 Å². The van der Waals surface area contributed by atoms with Crippen molar-refractivity contribution >= 4 is 52.4 Å². The quantitative estimate of drug-likeness (QED) is 0.755. The van der Waals surface area contributed by atoms with Crippen LogP contribution in [0, 0.1) is 0 Å². The lowest BCUT2D eigenvalue weighted by Crippen LogP contribution is -2.15. The van der Waals surface area contributed by atoms with Gasteiger partial charge in [-0.15, -0.1) is 22.7 Å².